The van der Waals surface area contributed by atoms with Crippen molar-refractivity contribution in [2.75, 3.05) is 11.6 Å². The monoisotopic (exact) mass is 202 g/mol. The number of fused-ring (bicyclic) bond motifs is 3. The lowest BCUT2D eigenvalue weighted by molar-refractivity contribution is 0.475. The van der Waals surface area contributed by atoms with E-state index in [9.17, 15) is 5.11 Å². The van der Waals surface area contributed by atoms with Gasteiger partial charge in [-0.05, 0) is 12.1 Å². The SMILES string of the molecule is Oc1ccc2c(c1)N1CNN=C1CC=N2. The minimum absolute atomic E-state index is 0.247. The Morgan fingerprint density at radius 1 is 1.40 bits per heavy atom. The van der Waals surface area contributed by atoms with Crippen molar-refractivity contribution in [2.24, 2.45) is 10.1 Å². The molecular formula is C10H10N4O. The number of nitrogens with zero attached hydrogens (tertiary/aromatic N) is 3. The molecule has 2 N–H and O–H groups in total. The first-order valence-electron chi connectivity index (χ1n) is 4.77. The van der Waals surface area contributed by atoms with Crippen LogP contribution in [0.15, 0.2) is 28.3 Å². The van der Waals surface area contributed by atoms with E-state index < -0.39 is 0 Å². The van der Waals surface area contributed by atoms with Crippen molar-refractivity contribution in [2.45, 2.75) is 6.42 Å². The quantitative estimate of drug-likeness (QED) is 0.664. The molecule has 0 aliphatic carbocycles. The molecule has 0 spiro atoms. The van der Waals surface area contributed by atoms with E-state index in [1.54, 1.807) is 12.1 Å². The summed E-state index contributed by atoms with van der Waals surface area (Å²) in [5.74, 6) is 1.18. The third-order valence-electron chi connectivity index (χ3n) is 2.50. The lowest BCUT2D eigenvalue weighted by atomic mass is 10.2. The second kappa shape index (κ2) is 2.98. The number of phenolic OH excluding ortho intramolecular Hbond substituents is 1. The molecule has 0 saturated carbocycles. The molecule has 0 aromatic heterocycles. The van der Waals surface area contributed by atoms with Crippen LogP contribution >= 0.6 is 0 Å². The van der Waals surface area contributed by atoms with Gasteiger partial charge in [-0.1, -0.05) is 0 Å². The average molecular weight is 202 g/mol. The van der Waals surface area contributed by atoms with Crippen LogP contribution in [-0.4, -0.2) is 23.8 Å². The van der Waals surface area contributed by atoms with Crippen LogP contribution in [0, 0.1) is 0 Å². The minimum atomic E-state index is 0.247. The molecule has 2 aliphatic heterocycles. The molecule has 1 aromatic carbocycles. The summed E-state index contributed by atoms with van der Waals surface area (Å²) in [6, 6.07) is 5.16. The standard InChI is InChI=1S/C10H10N4O/c15-7-1-2-8-9(5-7)14-6-12-13-10(14)3-4-11-8/h1-2,4-5,12,15H,3,6H2. The Morgan fingerprint density at radius 2 is 2.33 bits per heavy atom. The third-order valence-corrected chi connectivity index (χ3v) is 2.50. The molecule has 15 heavy (non-hydrogen) atoms. The number of hydrazone groups is 1. The Balaban J connectivity index is 2.17. The van der Waals surface area contributed by atoms with E-state index in [1.807, 2.05) is 17.2 Å². The maximum Gasteiger partial charge on any atom is 0.136 e. The molecule has 76 valence electrons. The summed E-state index contributed by atoms with van der Waals surface area (Å²) >= 11 is 0. The molecule has 2 heterocycles. The van der Waals surface area contributed by atoms with Gasteiger partial charge >= 0.3 is 0 Å². The Kier molecular flexibility index (Phi) is 1.65. The molecule has 3 rings (SSSR count). The number of amidine groups is 1. The predicted molar refractivity (Wildman–Crippen MR) is 58.8 cm³/mol. The van der Waals surface area contributed by atoms with E-state index >= 15 is 0 Å². The number of hydrogen-bond acceptors (Lipinski definition) is 5. The number of aromatic hydroxyl groups is 1. The van der Waals surface area contributed by atoms with Crippen LogP contribution in [0.1, 0.15) is 6.42 Å². The molecule has 5 nitrogen and oxygen atoms in total. The summed E-state index contributed by atoms with van der Waals surface area (Å²) in [6.07, 6.45) is 2.55. The largest absolute Gasteiger partial charge is 0.508 e. The van der Waals surface area contributed by atoms with E-state index in [0.717, 1.165) is 17.2 Å². The second-order valence-electron chi connectivity index (χ2n) is 3.46. The number of nitrogens with one attached hydrogen (secondary N) is 1. The van der Waals surface area contributed by atoms with Crippen molar-refractivity contribution < 1.29 is 5.11 Å². The summed E-state index contributed by atoms with van der Waals surface area (Å²) in [5.41, 5.74) is 4.68. The molecule has 0 atom stereocenters. The first kappa shape index (κ1) is 8.28. The van der Waals surface area contributed by atoms with Crippen molar-refractivity contribution in [3.63, 3.8) is 0 Å². The van der Waals surface area contributed by atoms with Gasteiger partial charge in [0, 0.05) is 18.7 Å². The smallest absolute Gasteiger partial charge is 0.136 e. The zero-order valence-corrected chi connectivity index (χ0v) is 8.01. The van der Waals surface area contributed by atoms with Crippen molar-refractivity contribution in [3.05, 3.63) is 18.2 Å². The lowest BCUT2D eigenvalue weighted by Gasteiger charge is -2.18. The summed E-state index contributed by atoms with van der Waals surface area (Å²) in [7, 11) is 0. The Morgan fingerprint density at radius 3 is 3.27 bits per heavy atom. The normalized spacial score (nSPS) is 17.6. The lowest BCUT2D eigenvalue weighted by Crippen LogP contribution is -2.28. The van der Waals surface area contributed by atoms with E-state index in [1.165, 1.54) is 0 Å². The molecule has 0 bridgehead atoms. The van der Waals surface area contributed by atoms with Crippen LogP contribution in [0.4, 0.5) is 11.4 Å². The van der Waals surface area contributed by atoms with Gasteiger partial charge in [-0.25, -0.2) is 0 Å². The van der Waals surface area contributed by atoms with Crippen LogP contribution in [-0.2, 0) is 0 Å². The first-order chi connectivity index (χ1) is 7.34. The zero-order chi connectivity index (χ0) is 10.3. The van der Waals surface area contributed by atoms with Crippen molar-refractivity contribution >= 4 is 23.4 Å². The van der Waals surface area contributed by atoms with Gasteiger partial charge in [-0.2, -0.15) is 5.10 Å². The third kappa shape index (κ3) is 1.24. The maximum absolute atomic E-state index is 9.46. The maximum atomic E-state index is 9.46. The van der Waals surface area contributed by atoms with Gasteiger partial charge < -0.3 is 10.0 Å². The van der Waals surface area contributed by atoms with Crippen molar-refractivity contribution in [1.29, 1.82) is 0 Å². The van der Waals surface area contributed by atoms with Crippen LogP contribution in [0.2, 0.25) is 0 Å². The molecule has 2 aliphatic rings. The Hall–Kier alpha value is -2.04. The highest BCUT2D eigenvalue weighted by Crippen LogP contribution is 2.34. The summed E-state index contributed by atoms with van der Waals surface area (Å²) < 4.78 is 0. The second-order valence-corrected chi connectivity index (χ2v) is 3.46. The average Bonchev–Trinajstić information content (AvgIpc) is 2.62. The van der Waals surface area contributed by atoms with E-state index in [2.05, 4.69) is 15.5 Å². The molecule has 0 saturated heterocycles. The number of hydrogen-bond donors (Lipinski definition) is 2. The molecule has 0 unspecified atom stereocenters. The van der Waals surface area contributed by atoms with Crippen LogP contribution in [0.5, 0.6) is 5.75 Å². The summed E-state index contributed by atoms with van der Waals surface area (Å²) in [4.78, 5) is 6.34. The van der Waals surface area contributed by atoms with E-state index in [4.69, 9.17) is 0 Å². The highest BCUT2D eigenvalue weighted by molar-refractivity contribution is 6.09. The van der Waals surface area contributed by atoms with Crippen molar-refractivity contribution in [3.8, 4) is 5.75 Å². The number of aliphatic imine (C=N–C) groups is 1. The zero-order valence-electron chi connectivity index (χ0n) is 8.01. The molecule has 0 fully saturated rings. The highest BCUT2D eigenvalue weighted by atomic mass is 16.3. The van der Waals surface area contributed by atoms with Crippen LogP contribution < -0.4 is 10.3 Å². The van der Waals surface area contributed by atoms with E-state index in [0.29, 0.717) is 13.1 Å². The van der Waals surface area contributed by atoms with Gasteiger partial charge in [0.2, 0.25) is 0 Å². The fraction of sp³-hybridized carbons (Fsp3) is 0.200. The predicted octanol–water partition coefficient (Wildman–Crippen LogP) is 1.18. The fourth-order valence-corrected chi connectivity index (χ4v) is 1.79. The van der Waals surface area contributed by atoms with Gasteiger partial charge in [-0.15, -0.1) is 0 Å². The van der Waals surface area contributed by atoms with Gasteiger partial charge in [0.25, 0.3) is 0 Å². The fourth-order valence-electron chi connectivity index (χ4n) is 1.79. The summed E-state index contributed by atoms with van der Waals surface area (Å²) in [5, 5.41) is 13.6. The van der Waals surface area contributed by atoms with Crippen LogP contribution in [0.25, 0.3) is 0 Å². The molecule has 1 aromatic rings. The number of anilines is 1. The van der Waals surface area contributed by atoms with Gasteiger partial charge in [-0.3, -0.25) is 10.4 Å². The first-order valence-corrected chi connectivity index (χ1v) is 4.77. The minimum Gasteiger partial charge on any atom is -0.508 e. The number of phenols is 1. The van der Waals surface area contributed by atoms with Gasteiger partial charge in [0.15, 0.2) is 0 Å². The Labute approximate surface area is 86.7 Å². The summed E-state index contributed by atoms with van der Waals surface area (Å²) in [6.45, 7) is 0.634. The topological polar surface area (TPSA) is 60.2 Å². The van der Waals surface area contributed by atoms with Gasteiger partial charge in [0.05, 0.1) is 11.4 Å². The number of rotatable bonds is 0. The Bertz CT molecular complexity index is 466. The van der Waals surface area contributed by atoms with Gasteiger partial charge in [0.1, 0.15) is 18.3 Å². The highest BCUT2D eigenvalue weighted by Gasteiger charge is 2.22. The molecule has 0 radical (unpaired) electrons. The van der Waals surface area contributed by atoms with E-state index in [-0.39, 0.29) is 5.75 Å². The van der Waals surface area contributed by atoms with Crippen LogP contribution in [0.3, 0.4) is 0 Å². The molecule has 5 heteroatoms. The van der Waals surface area contributed by atoms with Crippen molar-refractivity contribution in [1.82, 2.24) is 5.43 Å². The molecular weight excluding hydrogens is 192 g/mol. The molecule has 0 amide bonds. The number of benzene rings is 1.